The van der Waals surface area contributed by atoms with Gasteiger partial charge in [-0.05, 0) is 12.1 Å². The van der Waals surface area contributed by atoms with Crippen LogP contribution in [-0.2, 0) is 6.18 Å². The number of pyridine rings is 1. The van der Waals surface area contributed by atoms with E-state index in [4.69, 9.17) is 0 Å². The average molecular weight is 383 g/mol. The van der Waals surface area contributed by atoms with Crippen molar-refractivity contribution in [3.05, 3.63) is 51.7 Å². The molecule has 11 heteroatoms. The van der Waals surface area contributed by atoms with E-state index in [0.717, 1.165) is 41.9 Å². The Morgan fingerprint density at radius 2 is 1.96 bits per heavy atom. The molecule has 0 spiro atoms. The van der Waals surface area contributed by atoms with E-state index in [9.17, 15) is 33.5 Å². The van der Waals surface area contributed by atoms with Crippen molar-refractivity contribution in [2.24, 2.45) is 0 Å². The van der Waals surface area contributed by atoms with Crippen molar-refractivity contribution in [3.63, 3.8) is 0 Å². The smallest absolute Gasteiger partial charge is 0.417 e. The molecule has 0 fully saturated rings. The van der Waals surface area contributed by atoms with Crippen LogP contribution in [0.15, 0.2) is 36.0 Å². The first-order chi connectivity index (χ1) is 12.2. The molecule has 134 valence electrons. The highest BCUT2D eigenvalue weighted by atomic mass is 32.1. The van der Waals surface area contributed by atoms with Crippen molar-refractivity contribution in [1.82, 2.24) is 9.97 Å². The molecule has 26 heavy (non-hydrogen) atoms. The lowest BCUT2D eigenvalue weighted by molar-refractivity contribution is -0.385. The quantitative estimate of drug-likeness (QED) is 0.398. The predicted molar refractivity (Wildman–Crippen MR) is 85.8 cm³/mol. The molecular formula is C15H8F3N3O4S. The maximum atomic E-state index is 13.1. The summed E-state index contributed by atoms with van der Waals surface area (Å²) in [4.78, 5) is 17.8. The second kappa shape index (κ2) is 6.26. The number of aromatic nitrogens is 2. The third kappa shape index (κ3) is 3.16. The lowest BCUT2D eigenvalue weighted by Crippen LogP contribution is -2.07. The molecule has 7 nitrogen and oxygen atoms in total. The molecule has 0 aliphatic heterocycles. The summed E-state index contributed by atoms with van der Waals surface area (Å²) in [6.07, 6.45) is -2.55. The van der Waals surface area contributed by atoms with Crippen LogP contribution in [0.3, 0.4) is 0 Å². The largest absolute Gasteiger partial charge is 0.504 e. The molecule has 0 saturated carbocycles. The Kier molecular flexibility index (Phi) is 4.24. The number of aromatic hydroxyl groups is 2. The van der Waals surface area contributed by atoms with E-state index in [1.54, 1.807) is 0 Å². The number of hydrogen-bond acceptors (Lipinski definition) is 7. The van der Waals surface area contributed by atoms with Crippen LogP contribution in [0.4, 0.5) is 18.9 Å². The number of nitro benzene ring substituents is 1. The zero-order valence-corrected chi connectivity index (χ0v) is 13.4. The number of phenols is 2. The Labute approximate surface area is 147 Å². The zero-order chi connectivity index (χ0) is 19.1. The Bertz CT molecular complexity index is 1000. The second-order valence-electron chi connectivity index (χ2n) is 5.08. The minimum atomic E-state index is -4.60. The molecular weight excluding hydrogens is 375 g/mol. The van der Waals surface area contributed by atoms with Gasteiger partial charge in [0, 0.05) is 35.0 Å². The van der Waals surface area contributed by atoms with Crippen LogP contribution in [0.2, 0.25) is 0 Å². The van der Waals surface area contributed by atoms with Gasteiger partial charge in [-0.15, -0.1) is 11.3 Å². The number of nitro groups is 1. The second-order valence-corrected chi connectivity index (χ2v) is 5.94. The lowest BCUT2D eigenvalue weighted by Gasteiger charge is -2.09. The maximum absolute atomic E-state index is 13.1. The molecule has 3 aromatic rings. The van der Waals surface area contributed by atoms with E-state index in [-0.39, 0.29) is 21.8 Å². The molecule has 0 radical (unpaired) electrons. The summed E-state index contributed by atoms with van der Waals surface area (Å²) in [6.45, 7) is 0. The SMILES string of the molecule is O=[N+]([O-])c1cc(-c2csc(-c3cnccc3C(F)(F)F)n2)cc(O)c1O. The minimum absolute atomic E-state index is 0.00985. The van der Waals surface area contributed by atoms with Gasteiger partial charge in [0.2, 0.25) is 5.75 Å². The van der Waals surface area contributed by atoms with E-state index in [0.29, 0.717) is 0 Å². The fourth-order valence-electron chi connectivity index (χ4n) is 2.23. The maximum Gasteiger partial charge on any atom is 0.417 e. The Morgan fingerprint density at radius 1 is 1.23 bits per heavy atom. The van der Waals surface area contributed by atoms with Crippen molar-refractivity contribution in [3.8, 4) is 33.3 Å². The number of nitrogens with zero attached hydrogens (tertiary/aromatic N) is 3. The number of phenolic OH excluding ortho intramolecular Hbond substituents is 2. The number of halogens is 3. The van der Waals surface area contributed by atoms with E-state index in [1.807, 2.05) is 0 Å². The summed E-state index contributed by atoms with van der Waals surface area (Å²) in [5, 5.41) is 31.5. The van der Waals surface area contributed by atoms with Crippen LogP contribution in [0.25, 0.3) is 21.8 Å². The molecule has 3 rings (SSSR count). The van der Waals surface area contributed by atoms with Crippen molar-refractivity contribution in [2.75, 3.05) is 0 Å². The van der Waals surface area contributed by atoms with Gasteiger partial charge in [-0.25, -0.2) is 4.98 Å². The Hall–Kier alpha value is -3.21. The number of alkyl halides is 3. The molecule has 0 aliphatic carbocycles. The summed E-state index contributed by atoms with van der Waals surface area (Å²) in [7, 11) is 0. The van der Waals surface area contributed by atoms with Crippen molar-refractivity contribution in [2.45, 2.75) is 6.18 Å². The summed E-state index contributed by atoms with van der Waals surface area (Å²) in [5.41, 5.74) is -1.69. The van der Waals surface area contributed by atoms with Crippen molar-refractivity contribution < 1.29 is 28.3 Å². The van der Waals surface area contributed by atoms with E-state index < -0.39 is 33.8 Å². The van der Waals surface area contributed by atoms with E-state index >= 15 is 0 Å². The number of thiazole rings is 1. The van der Waals surface area contributed by atoms with Crippen LogP contribution in [0, 0.1) is 10.1 Å². The first-order valence-electron chi connectivity index (χ1n) is 6.86. The first-order valence-corrected chi connectivity index (χ1v) is 7.74. The van der Waals surface area contributed by atoms with E-state index in [1.165, 1.54) is 5.38 Å². The summed E-state index contributed by atoms with van der Waals surface area (Å²) < 4.78 is 39.3. The average Bonchev–Trinajstić information content (AvgIpc) is 3.06. The van der Waals surface area contributed by atoms with Gasteiger partial charge in [-0.1, -0.05) is 0 Å². The topological polar surface area (TPSA) is 109 Å². The molecule has 2 aromatic heterocycles. The third-order valence-electron chi connectivity index (χ3n) is 3.42. The molecule has 0 atom stereocenters. The van der Waals surface area contributed by atoms with Crippen molar-refractivity contribution in [1.29, 1.82) is 0 Å². The van der Waals surface area contributed by atoms with Crippen LogP contribution < -0.4 is 0 Å². The zero-order valence-electron chi connectivity index (χ0n) is 12.6. The Balaban J connectivity index is 2.09. The standard InChI is InChI=1S/C15H8F3N3O4S/c16-15(17,18)9-1-2-19-5-8(9)14-20-10(6-26-14)7-3-11(21(24)25)13(23)12(22)4-7/h1-6,22-23H. The molecule has 2 N–H and O–H groups in total. The van der Waals surface area contributed by atoms with Gasteiger partial charge in [0.25, 0.3) is 0 Å². The predicted octanol–water partition coefficient (Wildman–Crippen LogP) is 4.21. The molecule has 1 aromatic carbocycles. The van der Waals surface area contributed by atoms with Gasteiger partial charge in [-0.3, -0.25) is 15.1 Å². The van der Waals surface area contributed by atoms with Gasteiger partial charge >= 0.3 is 11.9 Å². The summed E-state index contributed by atoms with van der Waals surface area (Å²) in [5.74, 6) is -1.64. The molecule has 0 bridgehead atoms. The molecule has 0 aliphatic rings. The van der Waals surface area contributed by atoms with Gasteiger partial charge in [0.1, 0.15) is 5.01 Å². The molecule has 0 unspecified atom stereocenters. The number of benzene rings is 1. The normalized spacial score (nSPS) is 11.5. The van der Waals surface area contributed by atoms with E-state index in [2.05, 4.69) is 9.97 Å². The molecule has 0 amide bonds. The van der Waals surface area contributed by atoms with Gasteiger partial charge in [0.15, 0.2) is 5.75 Å². The highest BCUT2D eigenvalue weighted by Gasteiger charge is 2.34. The summed E-state index contributed by atoms with van der Waals surface area (Å²) >= 11 is 0.887. The van der Waals surface area contributed by atoms with Crippen LogP contribution >= 0.6 is 11.3 Å². The van der Waals surface area contributed by atoms with Crippen LogP contribution in [-0.4, -0.2) is 25.1 Å². The fourth-order valence-corrected chi connectivity index (χ4v) is 3.09. The van der Waals surface area contributed by atoms with Gasteiger partial charge in [-0.2, -0.15) is 13.2 Å². The third-order valence-corrected chi connectivity index (χ3v) is 4.30. The fraction of sp³-hybridized carbons (Fsp3) is 0.0667. The number of rotatable bonds is 3. The van der Waals surface area contributed by atoms with Gasteiger partial charge < -0.3 is 10.2 Å². The lowest BCUT2D eigenvalue weighted by atomic mass is 10.1. The highest BCUT2D eigenvalue weighted by Crippen LogP contribution is 2.42. The molecule has 2 heterocycles. The first kappa shape index (κ1) is 17.6. The van der Waals surface area contributed by atoms with Crippen LogP contribution in [0.1, 0.15) is 5.56 Å². The van der Waals surface area contributed by atoms with Crippen molar-refractivity contribution >= 4 is 17.0 Å². The highest BCUT2D eigenvalue weighted by molar-refractivity contribution is 7.13. The number of hydrogen-bond donors (Lipinski definition) is 2. The minimum Gasteiger partial charge on any atom is -0.504 e. The van der Waals surface area contributed by atoms with Crippen LogP contribution in [0.5, 0.6) is 11.5 Å². The van der Waals surface area contributed by atoms with Gasteiger partial charge in [0.05, 0.1) is 16.2 Å². The monoisotopic (exact) mass is 383 g/mol. The Morgan fingerprint density at radius 3 is 2.62 bits per heavy atom. The molecule has 0 saturated heterocycles. The summed E-state index contributed by atoms with van der Waals surface area (Å²) in [6, 6.07) is 2.84.